The summed E-state index contributed by atoms with van der Waals surface area (Å²) in [5.41, 5.74) is 3.80. The summed E-state index contributed by atoms with van der Waals surface area (Å²) in [5.74, 6) is 0.0650. The van der Waals surface area contributed by atoms with Crippen LogP contribution >= 0.6 is 0 Å². The van der Waals surface area contributed by atoms with Gasteiger partial charge in [0.2, 0.25) is 6.79 Å². The first-order chi connectivity index (χ1) is 16.6. The summed E-state index contributed by atoms with van der Waals surface area (Å²) in [6.45, 7) is 0.296. The number of likely N-dealkylation sites (tertiary alicyclic amines) is 1. The van der Waals surface area contributed by atoms with Gasteiger partial charge in [-0.3, -0.25) is 9.59 Å². The van der Waals surface area contributed by atoms with Crippen molar-refractivity contribution in [1.82, 2.24) is 4.90 Å². The molecule has 1 unspecified atom stereocenters. The SMILES string of the molecule is O=C1C(=O)N(Cc2ccc3c(c2)OCO3)C(c2ccco2)/C1=C(/O)c1ccc2c(c1)CCCC2. The van der Waals surface area contributed by atoms with E-state index in [9.17, 15) is 14.7 Å². The third-order valence-corrected chi connectivity index (χ3v) is 6.76. The first kappa shape index (κ1) is 20.6. The number of aryl methyl sites for hydroxylation is 2. The van der Waals surface area contributed by atoms with Gasteiger partial charge in [-0.1, -0.05) is 18.2 Å². The zero-order valence-electron chi connectivity index (χ0n) is 18.5. The number of carbonyl (C=O) groups is 2. The zero-order valence-corrected chi connectivity index (χ0v) is 18.5. The van der Waals surface area contributed by atoms with Gasteiger partial charge >= 0.3 is 0 Å². The van der Waals surface area contributed by atoms with Crippen LogP contribution in [0.2, 0.25) is 0 Å². The molecule has 6 rings (SSSR count). The Morgan fingerprint density at radius 2 is 1.79 bits per heavy atom. The van der Waals surface area contributed by atoms with E-state index in [0.717, 1.165) is 31.2 Å². The standard InChI is InChI=1S/C27H23NO6/c29-25(19-9-8-17-4-1-2-5-18(17)13-19)23-24(21-6-3-11-32-21)28(27(31)26(23)30)14-16-7-10-20-22(12-16)34-15-33-20/h3,6-13,24,29H,1-2,4-5,14-15H2/b25-23-. The smallest absolute Gasteiger partial charge is 0.296 e. The van der Waals surface area contributed by atoms with Gasteiger partial charge in [0.05, 0.1) is 11.8 Å². The number of nitrogens with zero attached hydrogens (tertiary/aromatic N) is 1. The number of hydrogen-bond donors (Lipinski definition) is 1. The number of aliphatic hydroxyl groups excluding tert-OH is 1. The van der Waals surface area contributed by atoms with Gasteiger partial charge in [-0.2, -0.15) is 0 Å². The van der Waals surface area contributed by atoms with Gasteiger partial charge in [-0.25, -0.2) is 0 Å². The minimum atomic E-state index is -0.837. The number of aliphatic hydroxyl groups is 1. The van der Waals surface area contributed by atoms with Crippen LogP contribution in [0.1, 0.15) is 46.9 Å². The van der Waals surface area contributed by atoms with Crippen molar-refractivity contribution in [2.24, 2.45) is 0 Å². The second kappa shape index (κ2) is 8.09. The fraction of sp³-hybridized carbons (Fsp3) is 0.259. The normalized spacial score (nSPS) is 20.6. The Bertz CT molecular complexity index is 1320. The van der Waals surface area contributed by atoms with Crippen molar-refractivity contribution in [3.05, 3.63) is 88.4 Å². The summed E-state index contributed by atoms with van der Waals surface area (Å²) in [7, 11) is 0. The molecule has 1 aliphatic carbocycles. The number of ether oxygens (including phenoxy) is 2. The van der Waals surface area contributed by atoms with Crippen LogP contribution in [0, 0.1) is 0 Å². The van der Waals surface area contributed by atoms with Crippen LogP contribution in [0.5, 0.6) is 11.5 Å². The highest BCUT2D eigenvalue weighted by molar-refractivity contribution is 6.46. The highest BCUT2D eigenvalue weighted by Crippen LogP contribution is 2.41. The summed E-state index contributed by atoms with van der Waals surface area (Å²) in [6.07, 6.45) is 5.71. The maximum atomic E-state index is 13.2. The highest BCUT2D eigenvalue weighted by atomic mass is 16.7. The van der Waals surface area contributed by atoms with E-state index >= 15 is 0 Å². The van der Waals surface area contributed by atoms with Gasteiger partial charge in [0, 0.05) is 12.1 Å². The Morgan fingerprint density at radius 3 is 2.62 bits per heavy atom. The molecular formula is C27H23NO6. The Balaban J connectivity index is 1.42. The molecule has 1 saturated heterocycles. The van der Waals surface area contributed by atoms with Crippen LogP contribution in [-0.4, -0.2) is 28.5 Å². The van der Waals surface area contributed by atoms with Crippen molar-refractivity contribution in [3.63, 3.8) is 0 Å². The van der Waals surface area contributed by atoms with Gasteiger partial charge in [-0.15, -0.1) is 0 Å². The number of benzene rings is 2. The predicted octanol–water partition coefficient (Wildman–Crippen LogP) is 4.51. The number of carbonyl (C=O) groups excluding carboxylic acids is 2. The molecule has 1 atom stereocenters. The predicted molar refractivity (Wildman–Crippen MR) is 122 cm³/mol. The zero-order chi connectivity index (χ0) is 23.2. The fourth-order valence-electron chi connectivity index (χ4n) is 5.06. The lowest BCUT2D eigenvalue weighted by atomic mass is 9.89. The first-order valence-corrected chi connectivity index (χ1v) is 11.4. The van der Waals surface area contributed by atoms with Gasteiger partial charge in [0.1, 0.15) is 17.6 Å². The van der Waals surface area contributed by atoms with Crippen molar-refractivity contribution < 1.29 is 28.6 Å². The second-order valence-corrected chi connectivity index (χ2v) is 8.82. The van der Waals surface area contributed by atoms with Crippen LogP contribution < -0.4 is 9.47 Å². The van der Waals surface area contributed by atoms with Gasteiger partial charge in [0.25, 0.3) is 11.7 Å². The van der Waals surface area contributed by atoms with Crippen molar-refractivity contribution in [1.29, 1.82) is 0 Å². The minimum absolute atomic E-state index is 0.0384. The number of rotatable bonds is 4. The molecule has 3 aliphatic rings. The van der Waals surface area contributed by atoms with Crippen molar-refractivity contribution in [3.8, 4) is 11.5 Å². The fourth-order valence-corrected chi connectivity index (χ4v) is 5.06. The summed E-state index contributed by atoms with van der Waals surface area (Å²) < 4.78 is 16.4. The van der Waals surface area contributed by atoms with E-state index in [4.69, 9.17) is 13.9 Å². The molecule has 7 heteroatoms. The Hall–Kier alpha value is -4.00. The minimum Gasteiger partial charge on any atom is -0.507 e. The molecule has 3 aromatic rings. The van der Waals surface area contributed by atoms with Gasteiger partial charge in [0.15, 0.2) is 11.5 Å². The lowest BCUT2D eigenvalue weighted by Crippen LogP contribution is -2.29. The van der Waals surface area contributed by atoms with Gasteiger partial charge in [-0.05, 0) is 72.7 Å². The molecule has 7 nitrogen and oxygen atoms in total. The number of amides is 1. The molecule has 1 aromatic heterocycles. The monoisotopic (exact) mass is 457 g/mol. The Morgan fingerprint density at radius 1 is 0.971 bits per heavy atom. The van der Waals surface area contributed by atoms with Crippen LogP contribution in [-0.2, 0) is 29.0 Å². The summed E-state index contributed by atoms with van der Waals surface area (Å²) >= 11 is 0. The first-order valence-electron chi connectivity index (χ1n) is 11.4. The number of Topliss-reactive ketones (excluding diaryl/α,β-unsaturated/α-hetero) is 1. The van der Waals surface area contributed by atoms with E-state index in [1.807, 2.05) is 24.3 Å². The molecule has 0 bridgehead atoms. The number of fused-ring (bicyclic) bond motifs is 2. The van der Waals surface area contributed by atoms with Crippen LogP contribution in [0.25, 0.3) is 5.76 Å². The number of hydrogen-bond acceptors (Lipinski definition) is 6. The van der Waals surface area contributed by atoms with Crippen molar-refractivity contribution in [2.45, 2.75) is 38.3 Å². The summed E-state index contributed by atoms with van der Waals surface area (Å²) in [6, 6.07) is 13.8. The van der Waals surface area contributed by atoms with Crippen LogP contribution in [0.4, 0.5) is 0 Å². The Kier molecular flexibility index (Phi) is 4.90. The largest absolute Gasteiger partial charge is 0.507 e. The second-order valence-electron chi connectivity index (χ2n) is 8.82. The molecule has 2 aromatic carbocycles. The van der Waals surface area contributed by atoms with Crippen LogP contribution in [0.15, 0.2) is 64.8 Å². The summed E-state index contributed by atoms with van der Waals surface area (Å²) in [5, 5.41) is 11.3. The molecule has 2 aliphatic heterocycles. The molecule has 3 heterocycles. The van der Waals surface area contributed by atoms with E-state index in [-0.39, 0.29) is 24.7 Å². The summed E-state index contributed by atoms with van der Waals surface area (Å²) in [4.78, 5) is 27.8. The quantitative estimate of drug-likeness (QED) is 0.352. The lowest BCUT2D eigenvalue weighted by Gasteiger charge is -2.23. The molecule has 0 spiro atoms. The number of ketones is 1. The molecular weight excluding hydrogens is 434 g/mol. The number of furan rings is 1. The molecule has 1 fully saturated rings. The lowest BCUT2D eigenvalue weighted by molar-refractivity contribution is -0.140. The van der Waals surface area contributed by atoms with E-state index < -0.39 is 17.7 Å². The maximum absolute atomic E-state index is 13.2. The van der Waals surface area contributed by atoms with Crippen molar-refractivity contribution in [2.75, 3.05) is 6.79 Å². The molecule has 0 saturated carbocycles. The van der Waals surface area contributed by atoms with Crippen LogP contribution in [0.3, 0.4) is 0 Å². The van der Waals surface area contributed by atoms with E-state index in [0.29, 0.717) is 22.8 Å². The van der Waals surface area contributed by atoms with Crippen molar-refractivity contribution >= 4 is 17.4 Å². The molecule has 1 N–H and O–H groups in total. The van der Waals surface area contributed by atoms with E-state index in [2.05, 4.69) is 0 Å². The molecule has 0 radical (unpaired) electrons. The molecule has 172 valence electrons. The van der Waals surface area contributed by atoms with E-state index in [1.54, 1.807) is 24.3 Å². The topological polar surface area (TPSA) is 89.2 Å². The van der Waals surface area contributed by atoms with E-state index in [1.165, 1.54) is 22.3 Å². The Labute approximate surface area is 196 Å². The average Bonchev–Trinajstić information content (AvgIpc) is 3.60. The molecule has 1 amide bonds. The third kappa shape index (κ3) is 3.36. The van der Waals surface area contributed by atoms with Gasteiger partial charge < -0.3 is 23.9 Å². The third-order valence-electron chi connectivity index (χ3n) is 6.76. The average molecular weight is 457 g/mol. The highest BCUT2D eigenvalue weighted by Gasteiger charge is 2.47. The maximum Gasteiger partial charge on any atom is 0.296 e. The molecule has 34 heavy (non-hydrogen) atoms.